The van der Waals surface area contributed by atoms with E-state index in [0.29, 0.717) is 30.5 Å². The number of benzene rings is 2. The molecule has 0 radical (unpaired) electrons. The van der Waals surface area contributed by atoms with Crippen LogP contribution in [0.5, 0.6) is 11.5 Å². The number of anilines is 2. The summed E-state index contributed by atoms with van der Waals surface area (Å²) in [6.07, 6.45) is 2.94. The first-order valence-electron chi connectivity index (χ1n) is 12.3. The Morgan fingerprint density at radius 2 is 1.82 bits per heavy atom. The fraction of sp³-hybridized carbons (Fsp3) is 0.333. The number of carbonyl (C=O) groups excluding carboxylic acids is 2. The van der Waals surface area contributed by atoms with E-state index < -0.39 is 11.5 Å². The van der Waals surface area contributed by atoms with Crippen LogP contribution < -0.4 is 26.1 Å². The van der Waals surface area contributed by atoms with Gasteiger partial charge in [0.25, 0.3) is 11.5 Å². The van der Waals surface area contributed by atoms with Crippen LogP contribution in [0, 0.1) is 5.92 Å². The molecule has 10 nitrogen and oxygen atoms in total. The van der Waals surface area contributed by atoms with Crippen molar-refractivity contribution in [2.24, 2.45) is 5.92 Å². The molecule has 1 fully saturated rings. The number of methoxy groups -OCH3 is 2. The van der Waals surface area contributed by atoms with E-state index in [0.717, 1.165) is 31.0 Å². The average Bonchev–Trinajstić information content (AvgIpc) is 2.94. The van der Waals surface area contributed by atoms with Gasteiger partial charge >= 0.3 is 0 Å². The maximum Gasteiger partial charge on any atom is 0.277 e. The van der Waals surface area contributed by atoms with Gasteiger partial charge in [-0.3, -0.25) is 19.4 Å². The molecule has 0 atom stereocenters. The largest absolute Gasteiger partial charge is 0.493 e. The number of piperidine rings is 1. The minimum absolute atomic E-state index is 0.0137. The predicted molar refractivity (Wildman–Crippen MR) is 147 cm³/mol. The molecule has 0 bridgehead atoms. The van der Waals surface area contributed by atoms with E-state index >= 15 is 0 Å². The van der Waals surface area contributed by atoms with E-state index in [1.165, 1.54) is 31.9 Å². The van der Waals surface area contributed by atoms with E-state index in [1.54, 1.807) is 6.07 Å². The maximum absolute atomic E-state index is 12.8. The van der Waals surface area contributed by atoms with Crippen LogP contribution in [-0.2, 0) is 11.2 Å². The molecule has 200 valence electrons. The van der Waals surface area contributed by atoms with Crippen LogP contribution in [-0.4, -0.2) is 59.7 Å². The van der Waals surface area contributed by atoms with Crippen molar-refractivity contribution in [2.45, 2.75) is 24.4 Å². The van der Waals surface area contributed by atoms with Gasteiger partial charge in [-0.05, 0) is 48.9 Å². The molecule has 3 aromatic rings. The summed E-state index contributed by atoms with van der Waals surface area (Å²) in [5.41, 5.74) is 6.78. The fourth-order valence-corrected chi connectivity index (χ4v) is 5.15. The van der Waals surface area contributed by atoms with Crippen LogP contribution in [0.4, 0.5) is 11.5 Å². The smallest absolute Gasteiger partial charge is 0.277 e. The van der Waals surface area contributed by atoms with E-state index in [-0.39, 0.29) is 33.9 Å². The lowest BCUT2D eigenvalue weighted by Gasteiger charge is -2.32. The molecule has 2 heterocycles. The Labute approximate surface area is 224 Å². The second-order valence-corrected chi connectivity index (χ2v) is 9.92. The van der Waals surface area contributed by atoms with Gasteiger partial charge in [-0.2, -0.15) is 0 Å². The normalized spacial score (nSPS) is 13.7. The van der Waals surface area contributed by atoms with E-state index in [4.69, 9.17) is 15.2 Å². The minimum Gasteiger partial charge on any atom is -0.493 e. The number of amides is 2. The highest BCUT2D eigenvalue weighted by atomic mass is 32.2. The maximum atomic E-state index is 12.8. The van der Waals surface area contributed by atoms with Crippen LogP contribution in [0.25, 0.3) is 0 Å². The number of H-pyrrole nitrogens is 1. The monoisotopic (exact) mass is 537 g/mol. The molecular weight excluding hydrogens is 506 g/mol. The van der Waals surface area contributed by atoms with Crippen LogP contribution in [0.3, 0.4) is 0 Å². The Balaban J connectivity index is 1.31. The molecule has 1 aliphatic heterocycles. The lowest BCUT2D eigenvalue weighted by Crippen LogP contribution is -2.39. The summed E-state index contributed by atoms with van der Waals surface area (Å²) in [5.74, 6) is 0.820. The highest BCUT2D eigenvalue weighted by Gasteiger charge is 2.23. The molecule has 0 saturated carbocycles. The first kappa shape index (κ1) is 27.1. The first-order valence-corrected chi connectivity index (χ1v) is 13.2. The van der Waals surface area contributed by atoms with Gasteiger partial charge in [-0.1, -0.05) is 42.1 Å². The number of aromatic nitrogens is 2. The third-order valence-electron chi connectivity index (χ3n) is 6.48. The van der Waals surface area contributed by atoms with E-state index in [1.807, 2.05) is 11.0 Å². The summed E-state index contributed by atoms with van der Waals surface area (Å²) in [6.45, 7) is 1.42. The predicted octanol–water partition coefficient (Wildman–Crippen LogP) is 3.20. The highest BCUT2D eigenvalue weighted by molar-refractivity contribution is 7.99. The van der Waals surface area contributed by atoms with Gasteiger partial charge < -0.3 is 25.4 Å². The van der Waals surface area contributed by atoms with Crippen LogP contribution in [0.15, 0.2) is 58.5 Å². The summed E-state index contributed by atoms with van der Waals surface area (Å²) in [6, 6.07) is 15.0. The van der Waals surface area contributed by atoms with Gasteiger partial charge in [0, 0.05) is 18.7 Å². The van der Waals surface area contributed by atoms with Crippen LogP contribution >= 0.6 is 11.8 Å². The lowest BCUT2D eigenvalue weighted by atomic mass is 9.90. The Bertz CT molecular complexity index is 1340. The number of nitrogens with one attached hydrogen (secondary N) is 2. The number of carbonyl (C=O) groups is 2. The van der Waals surface area contributed by atoms with Crippen molar-refractivity contribution in [3.8, 4) is 11.5 Å². The molecule has 0 unspecified atom stereocenters. The third-order valence-corrected chi connectivity index (χ3v) is 7.33. The Morgan fingerprint density at radius 3 is 2.47 bits per heavy atom. The second kappa shape index (κ2) is 12.5. The molecule has 0 spiro atoms. The van der Waals surface area contributed by atoms with Gasteiger partial charge in [0.1, 0.15) is 5.69 Å². The topological polar surface area (TPSA) is 140 Å². The number of hydrogen-bond acceptors (Lipinski definition) is 8. The Hall–Kier alpha value is -3.99. The summed E-state index contributed by atoms with van der Waals surface area (Å²) < 4.78 is 10.4. The Morgan fingerprint density at radius 1 is 1.11 bits per heavy atom. The summed E-state index contributed by atoms with van der Waals surface area (Å²) >= 11 is 1.11. The van der Waals surface area contributed by atoms with Crippen LogP contribution in [0.1, 0.15) is 28.8 Å². The van der Waals surface area contributed by atoms with Crippen molar-refractivity contribution in [1.82, 2.24) is 14.9 Å². The zero-order valence-electron chi connectivity index (χ0n) is 21.4. The average molecular weight is 538 g/mol. The number of nitrogen functional groups attached to an aromatic ring is 1. The van der Waals surface area contributed by atoms with Gasteiger partial charge in [-0.15, -0.1) is 0 Å². The molecule has 1 aromatic heterocycles. The summed E-state index contributed by atoms with van der Waals surface area (Å²) in [5, 5.41) is 2.71. The van der Waals surface area contributed by atoms with E-state index in [9.17, 15) is 14.4 Å². The number of rotatable bonds is 9. The van der Waals surface area contributed by atoms with Gasteiger partial charge in [0.2, 0.25) is 5.91 Å². The number of aromatic amines is 1. The van der Waals surface area contributed by atoms with Crippen molar-refractivity contribution >= 4 is 35.1 Å². The summed E-state index contributed by atoms with van der Waals surface area (Å²) in [4.78, 5) is 46.7. The molecule has 11 heteroatoms. The molecule has 2 aromatic carbocycles. The second-order valence-electron chi connectivity index (χ2n) is 8.96. The summed E-state index contributed by atoms with van der Waals surface area (Å²) in [7, 11) is 2.95. The quantitative estimate of drug-likeness (QED) is 0.279. The van der Waals surface area contributed by atoms with Crippen molar-refractivity contribution in [1.29, 1.82) is 0 Å². The Kier molecular flexibility index (Phi) is 8.90. The van der Waals surface area contributed by atoms with Crippen LogP contribution in [0.2, 0.25) is 0 Å². The zero-order valence-corrected chi connectivity index (χ0v) is 22.2. The fourth-order valence-electron chi connectivity index (χ4n) is 4.38. The number of hydrogen-bond donors (Lipinski definition) is 3. The number of nitrogens with zero attached hydrogens (tertiary/aromatic N) is 2. The molecule has 1 saturated heterocycles. The molecule has 2 amide bonds. The molecule has 4 N–H and O–H groups in total. The SMILES string of the molecule is COc1ccc(C(=O)Nc2c(N)nc(SCC(=O)N3CCC(Cc4ccccc4)CC3)[nH]c2=O)cc1OC. The van der Waals surface area contributed by atoms with Crippen molar-refractivity contribution in [3.05, 3.63) is 70.0 Å². The molecule has 0 aliphatic carbocycles. The molecular formula is C27H31N5O5S. The van der Waals surface area contributed by atoms with Crippen molar-refractivity contribution in [3.63, 3.8) is 0 Å². The third kappa shape index (κ3) is 6.65. The number of nitrogens with two attached hydrogens (primary N) is 1. The number of likely N-dealkylation sites (tertiary alicyclic amines) is 1. The van der Waals surface area contributed by atoms with Gasteiger partial charge in [-0.25, -0.2) is 4.98 Å². The first-order chi connectivity index (χ1) is 18.4. The molecule has 38 heavy (non-hydrogen) atoms. The van der Waals surface area contributed by atoms with E-state index in [2.05, 4.69) is 39.6 Å². The minimum atomic E-state index is -0.608. The standard InChI is InChI=1S/C27H31N5O5S/c1-36-20-9-8-19(15-21(20)37-2)25(34)29-23-24(28)30-27(31-26(23)35)38-16-22(33)32-12-10-18(11-13-32)14-17-6-4-3-5-7-17/h3-9,15,18H,10-14,16H2,1-2H3,(H,29,34)(H3,28,30,31,35). The van der Waals surface area contributed by atoms with Gasteiger partial charge in [0.05, 0.1) is 20.0 Å². The molecule has 4 rings (SSSR count). The van der Waals surface area contributed by atoms with Crippen molar-refractivity contribution < 1.29 is 19.1 Å². The highest BCUT2D eigenvalue weighted by Crippen LogP contribution is 2.28. The van der Waals surface area contributed by atoms with Crippen molar-refractivity contribution in [2.75, 3.05) is 44.1 Å². The number of ether oxygens (including phenoxy) is 2. The van der Waals surface area contributed by atoms with Gasteiger partial charge in [0.15, 0.2) is 22.5 Å². The zero-order chi connectivity index (χ0) is 27.1. The molecule has 1 aliphatic rings. The number of thioether (sulfide) groups is 1. The lowest BCUT2D eigenvalue weighted by molar-refractivity contribution is -0.129.